The summed E-state index contributed by atoms with van der Waals surface area (Å²) in [4.78, 5) is 8.11. The summed E-state index contributed by atoms with van der Waals surface area (Å²) in [7, 11) is 0. The third kappa shape index (κ3) is 3.78. The summed E-state index contributed by atoms with van der Waals surface area (Å²) in [5.74, 6) is 0.822. The topological polar surface area (TPSA) is 9.72 Å². The van der Waals surface area contributed by atoms with Crippen LogP contribution in [-0.2, 0) is 0 Å². The second-order valence-corrected chi connectivity index (χ2v) is 8.93. The monoisotopic (exact) mass is 369 g/mol. The Labute approximate surface area is 166 Å². The lowest BCUT2D eigenvalue weighted by Gasteiger charge is -2.40. The van der Waals surface area contributed by atoms with E-state index in [-0.39, 0.29) is 0 Å². The van der Waals surface area contributed by atoms with Crippen molar-refractivity contribution < 1.29 is 0 Å². The molecule has 2 saturated heterocycles. The van der Waals surface area contributed by atoms with Crippen molar-refractivity contribution in [2.45, 2.75) is 77.3 Å². The Bertz CT molecular complexity index is 614. The summed E-state index contributed by atoms with van der Waals surface area (Å²) in [5.41, 5.74) is 4.78. The predicted molar refractivity (Wildman–Crippen MR) is 116 cm³/mol. The molecule has 0 saturated carbocycles. The molecule has 2 bridgehead atoms. The summed E-state index contributed by atoms with van der Waals surface area (Å²) >= 11 is 0. The lowest BCUT2D eigenvalue weighted by Crippen LogP contribution is -2.50. The fourth-order valence-electron chi connectivity index (χ4n) is 5.94. The molecule has 0 amide bonds. The highest BCUT2D eigenvalue weighted by molar-refractivity contribution is 5.55. The van der Waals surface area contributed by atoms with Gasteiger partial charge in [-0.1, -0.05) is 39.7 Å². The van der Waals surface area contributed by atoms with Crippen molar-refractivity contribution in [3.05, 3.63) is 29.3 Å². The minimum atomic E-state index is 0.684. The molecule has 0 spiro atoms. The first-order valence-corrected chi connectivity index (χ1v) is 11.6. The number of piperazine rings is 1. The van der Waals surface area contributed by atoms with Crippen LogP contribution in [0.5, 0.6) is 0 Å². The maximum atomic E-state index is 2.77. The number of anilines is 1. The van der Waals surface area contributed by atoms with Gasteiger partial charge in [-0.15, -0.1) is 0 Å². The highest BCUT2D eigenvalue weighted by Crippen LogP contribution is 2.49. The van der Waals surface area contributed by atoms with Gasteiger partial charge in [0.1, 0.15) is 0 Å². The second kappa shape index (κ2) is 8.53. The number of likely N-dealkylation sites (tertiary alicyclic amines) is 1. The van der Waals surface area contributed by atoms with E-state index in [1.54, 1.807) is 11.1 Å². The lowest BCUT2D eigenvalue weighted by molar-refractivity contribution is 0.161. The SMILES string of the molecule is CCCC(CCC)N1CCN(c2ccc3c(c2)C2CC3CCN2CC)CC1. The molecule has 3 aliphatic rings. The molecule has 0 N–H and O–H groups in total. The number of hydrogen-bond donors (Lipinski definition) is 0. The molecular weight excluding hydrogens is 330 g/mol. The molecule has 27 heavy (non-hydrogen) atoms. The van der Waals surface area contributed by atoms with Crippen LogP contribution < -0.4 is 4.90 Å². The number of fused-ring (bicyclic) bond motifs is 5. The third-order valence-electron chi connectivity index (χ3n) is 7.43. The molecule has 2 fully saturated rings. The van der Waals surface area contributed by atoms with Gasteiger partial charge in [0, 0.05) is 44.0 Å². The van der Waals surface area contributed by atoms with Crippen molar-refractivity contribution in [1.29, 1.82) is 0 Å². The molecule has 3 heteroatoms. The Kier molecular flexibility index (Phi) is 6.08. The maximum absolute atomic E-state index is 2.77. The minimum absolute atomic E-state index is 0.684. The van der Waals surface area contributed by atoms with Crippen molar-refractivity contribution in [3.63, 3.8) is 0 Å². The van der Waals surface area contributed by atoms with Crippen LogP contribution in [-0.4, -0.2) is 55.1 Å². The third-order valence-corrected chi connectivity index (χ3v) is 7.43. The van der Waals surface area contributed by atoms with E-state index in [1.165, 1.54) is 83.5 Å². The normalized spacial score (nSPS) is 26.0. The van der Waals surface area contributed by atoms with E-state index >= 15 is 0 Å². The molecule has 2 unspecified atom stereocenters. The van der Waals surface area contributed by atoms with Gasteiger partial charge in [-0.2, -0.15) is 0 Å². The van der Waals surface area contributed by atoms with E-state index in [2.05, 4.69) is 53.7 Å². The van der Waals surface area contributed by atoms with Crippen LogP contribution in [0.4, 0.5) is 5.69 Å². The van der Waals surface area contributed by atoms with Gasteiger partial charge in [0.2, 0.25) is 0 Å². The largest absolute Gasteiger partial charge is 0.369 e. The van der Waals surface area contributed by atoms with Crippen molar-refractivity contribution >= 4 is 5.69 Å². The van der Waals surface area contributed by atoms with Gasteiger partial charge in [0.05, 0.1) is 0 Å². The molecule has 1 aromatic rings. The highest BCUT2D eigenvalue weighted by Gasteiger charge is 2.38. The van der Waals surface area contributed by atoms with Gasteiger partial charge in [0.25, 0.3) is 0 Å². The van der Waals surface area contributed by atoms with Crippen LogP contribution in [0.1, 0.15) is 82.4 Å². The fraction of sp³-hybridized carbons (Fsp3) is 0.750. The molecular formula is C24H39N3. The molecule has 2 aliphatic heterocycles. The average Bonchev–Trinajstić information content (AvgIpc) is 3.00. The molecule has 3 nitrogen and oxygen atoms in total. The first-order chi connectivity index (χ1) is 13.2. The zero-order valence-electron chi connectivity index (χ0n) is 17.8. The van der Waals surface area contributed by atoms with Crippen LogP contribution >= 0.6 is 0 Å². The molecule has 1 aliphatic carbocycles. The van der Waals surface area contributed by atoms with Gasteiger partial charge in [0.15, 0.2) is 0 Å². The Hall–Kier alpha value is -1.06. The van der Waals surface area contributed by atoms with Gasteiger partial charge < -0.3 is 4.90 Å². The predicted octanol–water partition coefficient (Wildman–Crippen LogP) is 5.03. The highest BCUT2D eigenvalue weighted by atomic mass is 15.3. The molecule has 2 heterocycles. The van der Waals surface area contributed by atoms with Crippen molar-refractivity contribution in [3.8, 4) is 0 Å². The van der Waals surface area contributed by atoms with E-state index in [1.807, 2.05) is 0 Å². The van der Waals surface area contributed by atoms with Gasteiger partial charge in [-0.3, -0.25) is 9.80 Å². The van der Waals surface area contributed by atoms with Crippen LogP contribution in [0.25, 0.3) is 0 Å². The number of piperidine rings is 1. The van der Waals surface area contributed by atoms with Crippen LogP contribution in [0.15, 0.2) is 18.2 Å². The smallest absolute Gasteiger partial charge is 0.0370 e. The summed E-state index contributed by atoms with van der Waals surface area (Å²) in [6, 6.07) is 8.93. The molecule has 1 aromatic carbocycles. The van der Waals surface area contributed by atoms with Crippen LogP contribution in [0.2, 0.25) is 0 Å². The van der Waals surface area contributed by atoms with E-state index in [0.29, 0.717) is 6.04 Å². The van der Waals surface area contributed by atoms with Crippen LogP contribution in [0.3, 0.4) is 0 Å². The quantitative estimate of drug-likeness (QED) is 0.667. The first-order valence-electron chi connectivity index (χ1n) is 11.6. The Morgan fingerprint density at radius 1 is 0.926 bits per heavy atom. The van der Waals surface area contributed by atoms with E-state index in [9.17, 15) is 0 Å². The van der Waals surface area contributed by atoms with E-state index in [0.717, 1.165) is 12.0 Å². The first kappa shape index (κ1) is 19.3. The lowest BCUT2D eigenvalue weighted by atomic mass is 9.95. The zero-order valence-corrected chi connectivity index (χ0v) is 17.8. The molecule has 2 atom stereocenters. The van der Waals surface area contributed by atoms with E-state index < -0.39 is 0 Å². The zero-order chi connectivity index (χ0) is 18.8. The van der Waals surface area contributed by atoms with Gasteiger partial charge in [-0.05, 0) is 68.0 Å². The number of benzene rings is 1. The Morgan fingerprint density at radius 2 is 1.67 bits per heavy atom. The van der Waals surface area contributed by atoms with Gasteiger partial charge in [-0.25, -0.2) is 0 Å². The summed E-state index contributed by atoms with van der Waals surface area (Å²) in [6.07, 6.45) is 8.06. The molecule has 0 aromatic heterocycles. The number of nitrogens with zero attached hydrogens (tertiary/aromatic N) is 3. The standard InChI is InChI=1S/C24H39N3/c1-4-7-20(8-5-2)26-13-15-27(16-14-26)21-9-10-22-19-11-12-25(6-3)24(17-19)23(22)18-21/h9-10,18-20,24H,4-8,11-17H2,1-3H3. The molecule has 4 rings (SSSR count). The molecule has 0 radical (unpaired) electrons. The average molecular weight is 370 g/mol. The fourth-order valence-corrected chi connectivity index (χ4v) is 5.94. The van der Waals surface area contributed by atoms with Gasteiger partial charge >= 0.3 is 0 Å². The summed E-state index contributed by atoms with van der Waals surface area (Å²) in [5, 5.41) is 0. The second-order valence-electron chi connectivity index (χ2n) is 8.93. The summed E-state index contributed by atoms with van der Waals surface area (Å²) in [6.45, 7) is 14.3. The van der Waals surface area contributed by atoms with Crippen molar-refractivity contribution in [2.24, 2.45) is 0 Å². The Balaban J connectivity index is 1.44. The Morgan fingerprint density at radius 3 is 2.33 bits per heavy atom. The maximum Gasteiger partial charge on any atom is 0.0370 e. The van der Waals surface area contributed by atoms with E-state index in [4.69, 9.17) is 0 Å². The van der Waals surface area contributed by atoms with Crippen LogP contribution in [0, 0.1) is 0 Å². The van der Waals surface area contributed by atoms with Crippen molar-refractivity contribution in [1.82, 2.24) is 9.80 Å². The number of rotatable bonds is 7. The van der Waals surface area contributed by atoms with Crippen molar-refractivity contribution in [2.75, 3.05) is 44.2 Å². The number of hydrogen-bond acceptors (Lipinski definition) is 3. The summed E-state index contributed by atoms with van der Waals surface area (Å²) < 4.78 is 0. The minimum Gasteiger partial charge on any atom is -0.369 e. The molecule has 150 valence electrons.